The lowest BCUT2D eigenvalue weighted by atomic mass is 9.91. The molecule has 3 atom stereocenters. The van der Waals surface area contributed by atoms with E-state index in [1.807, 2.05) is 0 Å². The maximum atomic E-state index is 10.3. The monoisotopic (exact) mass is 319 g/mol. The fourth-order valence-electron chi connectivity index (χ4n) is 3.83. The third-order valence-electron chi connectivity index (χ3n) is 4.99. The highest BCUT2D eigenvalue weighted by molar-refractivity contribution is 5.32. The lowest BCUT2D eigenvalue weighted by Gasteiger charge is -2.38. The highest BCUT2D eigenvalue weighted by atomic mass is 16.5. The third kappa shape index (κ3) is 4.32. The van der Waals surface area contributed by atoms with Crippen molar-refractivity contribution in [1.82, 2.24) is 4.90 Å². The van der Waals surface area contributed by atoms with Gasteiger partial charge in [-0.3, -0.25) is 4.90 Å². The number of nitrogens with zero attached hydrogens (tertiary/aromatic N) is 1. The van der Waals surface area contributed by atoms with Gasteiger partial charge in [0.05, 0.1) is 25.4 Å². The second kappa shape index (κ2) is 8.25. The molecular formula is C19H29NO3. The van der Waals surface area contributed by atoms with Gasteiger partial charge in [-0.2, -0.15) is 0 Å². The van der Waals surface area contributed by atoms with Crippen LogP contribution < -0.4 is 0 Å². The molecule has 1 aromatic rings. The summed E-state index contributed by atoms with van der Waals surface area (Å²) >= 11 is 0. The number of benzene rings is 1. The Kier molecular flexibility index (Phi) is 6.06. The first kappa shape index (κ1) is 16.9. The van der Waals surface area contributed by atoms with E-state index in [0.29, 0.717) is 25.8 Å². The Hall–Kier alpha value is -0.940. The molecule has 0 radical (unpaired) electrons. The first-order valence-electron chi connectivity index (χ1n) is 8.97. The molecule has 3 unspecified atom stereocenters. The van der Waals surface area contributed by atoms with E-state index in [4.69, 9.17) is 9.47 Å². The van der Waals surface area contributed by atoms with Crippen molar-refractivity contribution in [2.75, 3.05) is 32.9 Å². The smallest absolute Gasteiger partial charge is 0.0900 e. The Bertz CT molecular complexity index is 487. The first-order valence-corrected chi connectivity index (χ1v) is 8.97. The van der Waals surface area contributed by atoms with Crippen molar-refractivity contribution in [3.05, 3.63) is 35.4 Å². The molecule has 2 aliphatic rings. The molecule has 128 valence electrons. The van der Waals surface area contributed by atoms with E-state index in [0.717, 1.165) is 38.8 Å². The Labute approximate surface area is 139 Å². The molecule has 0 aliphatic carbocycles. The summed E-state index contributed by atoms with van der Waals surface area (Å²) in [7, 11) is 0. The number of aliphatic hydroxyl groups is 1. The zero-order valence-corrected chi connectivity index (χ0v) is 14.1. The van der Waals surface area contributed by atoms with Crippen molar-refractivity contribution in [3.8, 4) is 0 Å². The van der Waals surface area contributed by atoms with Crippen LogP contribution in [0.25, 0.3) is 0 Å². The maximum Gasteiger partial charge on any atom is 0.0900 e. The van der Waals surface area contributed by atoms with Crippen molar-refractivity contribution in [2.24, 2.45) is 0 Å². The largest absolute Gasteiger partial charge is 0.389 e. The second-order valence-electron chi connectivity index (χ2n) is 6.69. The Balaban J connectivity index is 1.48. The molecule has 1 saturated heterocycles. The Morgan fingerprint density at radius 2 is 2.26 bits per heavy atom. The molecule has 2 heterocycles. The van der Waals surface area contributed by atoms with Crippen molar-refractivity contribution in [2.45, 2.75) is 50.9 Å². The molecule has 1 N–H and O–H groups in total. The topological polar surface area (TPSA) is 41.9 Å². The standard InChI is InChI=1S/C19H29NO3/c1-2-19-18-8-4-3-6-15(18)9-10-20(19)12-16(21)13-22-14-17-7-5-11-23-17/h3-4,6,8,16-17,19,21H,2,5,7,9-14H2,1H3. The summed E-state index contributed by atoms with van der Waals surface area (Å²) in [6.45, 7) is 5.77. The van der Waals surface area contributed by atoms with Gasteiger partial charge in [0.2, 0.25) is 0 Å². The van der Waals surface area contributed by atoms with E-state index >= 15 is 0 Å². The average Bonchev–Trinajstić information content (AvgIpc) is 3.08. The van der Waals surface area contributed by atoms with Gasteiger partial charge in [0.1, 0.15) is 0 Å². The molecule has 0 bridgehead atoms. The molecule has 0 spiro atoms. The van der Waals surface area contributed by atoms with Crippen LogP contribution in [0, 0.1) is 0 Å². The summed E-state index contributed by atoms with van der Waals surface area (Å²) in [5.74, 6) is 0. The molecule has 23 heavy (non-hydrogen) atoms. The van der Waals surface area contributed by atoms with Crippen LogP contribution in [0.3, 0.4) is 0 Å². The van der Waals surface area contributed by atoms with Gasteiger partial charge in [0, 0.05) is 25.7 Å². The molecule has 4 heteroatoms. The van der Waals surface area contributed by atoms with Crippen molar-refractivity contribution < 1.29 is 14.6 Å². The number of rotatable bonds is 7. The van der Waals surface area contributed by atoms with Gasteiger partial charge in [-0.15, -0.1) is 0 Å². The first-order chi connectivity index (χ1) is 11.3. The fourth-order valence-corrected chi connectivity index (χ4v) is 3.83. The Morgan fingerprint density at radius 1 is 1.39 bits per heavy atom. The van der Waals surface area contributed by atoms with E-state index in [1.54, 1.807) is 0 Å². The van der Waals surface area contributed by atoms with Crippen molar-refractivity contribution >= 4 is 0 Å². The van der Waals surface area contributed by atoms with Gasteiger partial charge >= 0.3 is 0 Å². The van der Waals surface area contributed by atoms with Crippen molar-refractivity contribution in [1.29, 1.82) is 0 Å². The van der Waals surface area contributed by atoms with Gasteiger partial charge in [0.25, 0.3) is 0 Å². The number of fused-ring (bicyclic) bond motifs is 1. The molecule has 1 fully saturated rings. The average molecular weight is 319 g/mol. The minimum absolute atomic E-state index is 0.229. The summed E-state index contributed by atoms with van der Waals surface area (Å²) in [6, 6.07) is 9.11. The molecule has 0 saturated carbocycles. The Morgan fingerprint density at radius 3 is 3.04 bits per heavy atom. The molecule has 4 nitrogen and oxygen atoms in total. The van der Waals surface area contributed by atoms with Crippen LogP contribution in [0.5, 0.6) is 0 Å². The van der Waals surface area contributed by atoms with E-state index in [9.17, 15) is 5.11 Å². The van der Waals surface area contributed by atoms with Crippen LogP contribution in [0.15, 0.2) is 24.3 Å². The zero-order valence-electron chi connectivity index (χ0n) is 14.1. The number of hydrogen-bond acceptors (Lipinski definition) is 4. The lowest BCUT2D eigenvalue weighted by molar-refractivity contribution is -0.0296. The van der Waals surface area contributed by atoms with Gasteiger partial charge in [-0.05, 0) is 36.8 Å². The van der Waals surface area contributed by atoms with Gasteiger partial charge in [-0.25, -0.2) is 0 Å². The number of ether oxygens (including phenoxy) is 2. The summed E-state index contributed by atoms with van der Waals surface area (Å²) in [6.07, 6.45) is 4.14. The highest BCUT2D eigenvalue weighted by Gasteiger charge is 2.27. The summed E-state index contributed by atoms with van der Waals surface area (Å²) in [5, 5.41) is 10.3. The van der Waals surface area contributed by atoms with Gasteiger partial charge < -0.3 is 14.6 Å². The molecular weight excluding hydrogens is 290 g/mol. The molecule has 3 rings (SSSR count). The van der Waals surface area contributed by atoms with Crippen LogP contribution in [0.4, 0.5) is 0 Å². The van der Waals surface area contributed by atoms with E-state index in [2.05, 4.69) is 36.1 Å². The van der Waals surface area contributed by atoms with Gasteiger partial charge in [-0.1, -0.05) is 31.2 Å². The quantitative estimate of drug-likeness (QED) is 0.839. The van der Waals surface area contributed by atoms with E-state index in [1.165, 1.54) is 11.1 Å². The van der Waals surface area contributed by atoms with Crippen LogP contribution in [-0.4, -0.2) is 55.1 Å². The van der Waals surface area contributed by atoms with Crippen molar-refractivity contribution in [3.63, 3.8) is 0 Å². The summed E-state index contributed by atoms with van der Waals surface area (Å²) in [5.41, 5.74) is 2.88. The maximum absolute atomic E-state index is 10.3. The molecule has 2 aliphatic heterocycles. The van der Waals surface area contributed by atoms with E-state index in [-0.39, 0.29) is 6.10 Å². The third-order valence-corrected chi connectivity index (χ3v) is 4.99. The normalized spacial score (nSPS) is 26.2. The predicted molar refractivity (Wildman–Crippen MR) is 90.6 cm³/mol. The van der Waals surface area contributed by atoms with E-state index < -0.39 is 6.10 Å². The van der Waals surface area contributed by atoms with Crippen LogP contribution in [0.1, 0.15) is 43.4 Å². The molecule has 0 amide bonds. The summed E-state index contributed by atoms with van der Waals surface area (Å²) in [4.78, 5) is 2.41. The van der Waals surface area contributed by atoms with Crippen LogP contribution >= 0.6 is 0 Å². The molecule has 0 aromatic heterocycles. The number of hydrogen-bond donors (Lipinski definition) is 1. The highest BCUT2D eigenvalue weighted by Crippen LogP contribution is 2.31. The van der Waals surface area contributed by atoms with Gasteiger partial charge in [0.15, 0.2) is 0 Å². The SMILES string of the molecule is CCC1c2ccccc2CCN1CC(O)COCC1CCCO1. The fraction of sp³-hybridized carbons (Fsp3) is 0.684. The lowest BCUT2D eigenvalue weighted by Crippen LogP contribution is -2.41. The predicted octanol–water partition coefficient (Wildman–Crippen LogP) is 2.55. The minimum Gasteiger partial charge on any atom is -0.389 e. The molecule has 1 aromatic carbocycles. The summed E-state index contributed by atoms with van der Waals surface area (Å²) < 4.78 is 11.2. The minimum atomic E-state index is -0.435. The zero-order chi connectivity index (χ0) is 16.1. The number of β-amino-alcohol motifs (C(OH)–C–C–N with tert-alkyl or cyclic N) is 1. The van der Waals surface area contributed by atoms with Crippen LogP contribution in [0.2, 0.25) is 0 Å². The van der Waals surface area contributed by atoms with Crippen LogP contribution in [-0.2, 0) is 15.9 Å². The number of aliphatic hydroxyl groups excluding tert-OH is 1. The second-order valence-corrected chi connectivity index (χ2v) is 6.69.